The van der Waals surface area contributed by atoms with Gasteiger partial charge in [0.25, 0.3) is 0 Å². The summed E-state index contributed by atoms with van der Waals surface area (Å²) in [6.45, 7) is 12.3. The number of hydrogen-bond acceptors (Lipinski definition) is 7. The standard InChI is InChI=1S/C22H35NO6/c1-8-15(4)19(24)29-18-10-12-23-11-9-17(21(18,23)6)13-28-20(25)22(26,14(2)3)16(5)27-7/h8-9,14,16,18,26H,10-13H2,1-7H3/b15-8-/t16-,18+,21-,22-/m1/s1. The molecule has 1 fully saturated rings. The molecule has 1 N–H and O–H groups in total. The molecule has 2 rings (SSSR count). The molecular weight excluding hydrogens is 374 g/mol. The van der Waals surface area contributed by atoms with E-state index in [9.17, 15) is 14.7 Å². The molecular formula is C22H35NO6. The Kier molecular flexibility index (Phi) is 7.30. The molecule has 7 nitrogen and oxygen atoms in total. The van der Waals surface area contributed by atoms with Crippen LogP contribution in [0, 0.1) is 5.92 Å². The van der Waals surface area contributed by atoms with Gasteiger partial charge in [-0.3, -0.25) is 4.90 Å². The molecule has 2 aliphatic rings. The lowest BCUT2D eigenvalue weighted by Crippen LogP contribution is -2.54. The van der Waals surface area contributed by atoms with Crippen LogP contribution in [0.5, 0.6) is 0 Å². The Labute approximate surface area is 173 Å². The summed E-state index contributed by atoms with van der Waals surface area (Å²) < 4.78 is 16.6. The van der Waals surface area contributed by atoms with E-state index in [-0.39, 0.29) is 24.6 Å². The summed E-state index contributed by atoms with van der Waals surface area (Å²) in [5.41, 5.74) is -0.806. The Balaban J connectivity index is 2.13. The van der Waals surface area contributed by atoms with Crippen LogP contribution in [0.3, 0.4) is 0 Å². The SMILES string of the molecule is C/C=C(/C)C(=O)O[C@H]1CCN2CC=C(COC(=O)[C@@](O)(C(C)C)[C@@H](C)OC)[C@]12C. The molecule has 0 bridgehead atoms. The van der Waals surface area contributed by atoms with Crippen LogP contribution in [-0.4, -0.2) is 72.1 Å². The van der Waals surface area contributed by atoms with Crippen molar-refractivity contribution in [2.45, 2.75) is 71.3 Å². The average molecular weight is 410 g/mol. The molecule has 164 valence electrons. The second-order valence-electron chi connectivity index (χ2n) is 8.41. The smallest absolute Gasteiger partial charge is 0.341 e. The number of carbonyl (C=O) groups excluding carboxylic acids is 2. The molecule has 2 heterocycles. The maximum atomic E-state index is 12.8. The Morgan fingerprint density at radius 2 is 2.07 bits per heavy atom. The lowest BCUT2D eigenvalue weighted by molar-refractivity contribution is -0.187. The minimum atomic E-state index is -1.74. The van der Waals surface area contributed by atoms with Crippen LogP contribution in [0.15, 0.2) is 23.3 Å². The van der Waals surface area contributed by atoms with E-state index in [0.717, 1.165) is 18.5 Å². The van der Waals surface area contributed by atoms with Crippen molar-refractivity contribution in [3.8, 4) is 0 Å². The molecule has 29 heavy (non-hydrogen) atoms. The van der Waals surface area contributed by atoms with Crippen molar-refractivity contribution in [1.82, 2.24) is 4.90 Å². The highest BCUT2D eigenvalue weighted by Gasteiger charge is 2.53. The Bertz CT molecular complexity index is 699. The number of hydrogen-bond donors (Lipinski definition) is 1. The molecule has 2 aliphatic heterocycles. The average Bonchev–Trinajstić information content (AvgIpc) is 3.18. The van der Waals surface area contributed by atoms with E-state index in [2.05, 4.69) is 4.90 Å². The van der Waals surface area contributed by atoms with Gasteiger partial charge in [-0.25, -0.2) is 9.59 Å². The molecule has 0 aromatic carbocycles. The summed E-state index contributed by atoms with van der Waals surface area (Å²) in [4.78, 5) is 27.3. The molecule has 4 atom stereocenters. The number of esters is 2. The first-order valence-corrected chi connectivity index (χ1v) is 10.2. The third kappa shape index (κ3) is 4.13. The van der Waals surface area contributed by atoms with E-state index in [1.54, 1.807) is 40.7 Å². The number of rotatable bonds is 8. The van der Waals surface area contributed by atoms with Crippen LogP contribution in [0.4, 0.5) is 0 Å². The highest BCUT2D eigenvalue weighted by molar-refractivity contribution is 5.87. The first-order chi connectivity index (χ1) is 13.5. The monoisotopic (exact) mass is 409 g/mol. The minimum Gasteiger partial charge on any atom is -0.459 e. The van der Waals surface area contributed by atoms with Gasteiger partial charge in [-0.2, -0.15) is 0 Å². The van der Waals surface area contributed by atoms with E-state index in [0.29, 0.717) is 12.1 Å². The van der Waals surface area contributed by atoms with Gasteiger partial charge < -0.3 is 19.3 Å². The number of aliphatic hydroxyl groups is 1. The molecule has 0 radical (unpaired) electrons. The fourth-order valence-corrected chi connectivity index (χ4v) is 4.14. The zero-order chi connectivity index (χ0) is 22.0. The van der Waals surface area contributed by atoms with E-state index in [4.69, 9.17) is 14.2 Å². The van der Waals surface area contributed by atoms with Gasteiger partial charge >= 0.3 is 11.9 Å². The maximum absolute atomic E-state index is 12.8. The predicted molar refractivity (Wildman–Crippen MR) is 109 cm³/mol. The largest absolute Gasteiger partial charge is 0.459 e. The number of ether oxygens (including phenoxy) is 3. The fraction of sp³-hybridized carbons (Fsp3) is 0.727. The normalized spacial score (nSPS) is 28.0. The van der Waals surface area contributed by atoms with Gasteiger partial charge in [0.15, 0.2) is 5.60 Å². The second-order valence-corrected chi connectivity index (χ2v) is 8.41. The van der Waals surface area contributed by atoms with Crippen LogP contribution in [0.25, 0.3) is 0 Å². The van der Waals surface area contributed by atoms with Crippen molar-refractivity contribution in [1.29, 1.82) is 0 Å². The molecule has 0 aromatic rings. The van der Waals surface area contributed by atoms with E-state index < -0.39 is 23.2 Å². The molecule has 7 heteroatoms. The number of fused-ring (bicyclic) bond motifs is 1. The zero-order valence-electron chi connectivity index (χ0n) is 18.7. The van der Waals surface area contributed by atoms with Crippen molar-refractivity contribution < 1.29 is 28.9 Å². The van der Waals surface area contributed by atoms with Gasteiger partial charge in [-0.05, 0) is 45.6 Å². The third-order valence-electron chi connectivity index (χ3n) is 6.70. The molecule has 0 aliphatic carbocycles. The summed E-state index contributed by atoms with van der Waals surface area (Å²) in [6, 6.07) is 0. The quantitative estimate of drug-likeness (QED) is 0.374. The summed E-state index contributed by atoms with van der Waals surface area (Å²) in [5, 5.41) is 10.9. The van der Waals surface area contributed by atoms with E-state index in [1.807, 2.05) is 13.0 Å². The van der Waals surface area contributed by atoms with Crippen LogP contribution in [-0.2, 0) is 23.8 Å². The van der Waals surface area contributed by atoms with Gasteiger partial charge in [0.2, 0.25) is 0 Å². The summed E-state index contributed by atoms with van der Waals surface area (Å²) in [7, 11) is 1.45. The van der Waals surface area contributed by atoms with Crippen molar-refractivity contribution >= 4 is 11.9 Å². The highest BCUT2D eigenvalue weighted by Crippen LogP contribution is 2.42. The second kappa shape index (κ2) is 8.98. The molecule has 0 spiro atoms. The van der Waals surface area contributed by atoms with Crippen LogP contribution >= 0.6 is 0 Å². The van der Waals surface area contributed by atoms with Crippen molar-refractivity contribution in [3.63, 3.8) is 0 Å². The summed E-state index contributed by atoms with van der Waals surface area (Å²) in [5.74, 6) is -1.41. The van der Waals surface area contributed by atoms with E-state index >= 15 is 0 Å². The number of methoxy groups -OCH3 is 1. The fourth-order valence-electron chi connectivity index (χ4n) is 4.14. The number of carbonyl (C=O) groups is 2. The van der Waals surface area contributed by atoms with Crippen molar-refractivity contribution in [2.75, 3.05) is 26.8 Å². The van der Waals surface area contributed by atoms with Gasteiger partial charge in [0, 0.05) is 25.8 Å². The highest BCUT2D eigenvalue weighted by atomic mass is 16.6. The molecule has 0 saturated carbocycles. The third-order valence-corrected chi connectivity index (χ3v) is 6.70. The molecule has 0 amide bonds. The lowest BCUT2D eigenvalue weighted by Gasteiger charge is -2.37. The van der Waals surface area contributed by atoms with Crippen molar-refractivity contribution in [3.05, 3.63) is 23.3 Å². The van der Waals surface area contributed by atoms with Gasteiger partial charge in [0.05, 0.1) is 11.6 Å². The van der Waals surface area contributed by atoms with Crippen LogP contribution in [0.2, 0.25) is 0 Å². The number of allylic oxidation sites excluding steroid dienone is 1. The number of nitrogens with zero attached hydrogens (tertiary/aromatic N) is 1. The Hall–Kier alpha value is -1.70. The molecule has 0 unspecified atom stereocenters. The van der Waals surface area contributed by atoms with Gasteiger partial charge in [-0.1, -0.05) is 26.0 Å². The maximum Gasteiger partial charge on any atom is 0.341 e. The van der Waals surface area contributed by atoms with Gasteiger partial charge in [-0.15, -0.1) is 0 Å². The first-order valence-electron chi connectivity index (χ1n) is 10.2. The zero-order valence-corrected chi connectivity index (χ0v) is 18.7. The lowest BCUT2D eigenvalue weighted by atomic mass is 9.85. The topological polar surface area (TPSA) is 85.3 Å². The minimum absolute atomic E-state index is 0.0357. The van der Waals surface area contributed by atoms with Crippen LogP contribution in [0.1, 0.15) is 48.0 Å². The van der Waals surface area contributed by atoms with Crippen LogP contribution < -0.4 is 0 Å². The Morgan fingerprint density at radius 1 is 1.41 bits per heavy atom. The predicted octanol–water partition coefficient (Wildman–Crippen LogP) is 2.23. The summed E-state index contributed by atoms with van der Waals surface area (Å²) in [6.07, 6.45) is 3.45. The van der Waals surface area contributed by atoms with Crippen molar-refractivity contribution in [2.24, 2.45) is 5.92 Å². The first kappa shape index (κ1) is 23.6. The Morgan fingerprint density at radius 3 is 2.62 bits per heavy atom. The molecule has 1 saturated heterocycles. The molecule has 0 aromatic heterocycles. The van der Waals surface area contributed by atoms with E-state index in [1.165, 1.54) is 7.11 Å². The summed E-state index contributed by atoms with van der Waals surface area (Å²) >= 11 is 0. The van der Waals surface area contributed by atoms with Gasteiger partial charge in [0.1, 0.15) is 12.7 Å².